The standard InChI is InChI=1S/C13H14F2N2O3/c14-10-2-1-8(3-11(10)15)6-17-7-9(4-12(18)19)5-16-13(17)20/h1-3,9H,4-7H2,(H,16,20)(H,18,19). The van der Waals surface area contributed by atoms with E-state index in [0.717, 1.165) is 12.1 Å². The highest BCUT2D eigenvalue weighted by Crippen LogP contribution is 2.16. The molecule has 0 radical (unpaired) electrons. The van der Waals surface area contributed by atoms with E-state index in [4.69, 9.17) is 5.11 Å². The number of hydrogen-bond acceptors (Lipinski definition) is 2. The maximum Gasteiger partial charge on any atom is 0.317 e. The number of nitrogens with one attached hydrogen (secondary N) is 1. The molecule has 0 aromatic heterocycles. The second-order valence-electron chi connectivity index (χ2n) is 4.78. The van der Waals surface area contributed by atoms with Crippen molar-refractivity contribution in [2.24, 2.45) is 5.92 Å². The van der Waals surface area contributed by atoms with E-state index >= 15 is 0 Å². The molecule has 1 aromatic rings. The number of benzene rings is 1. The van der Waals surface area contributed by atoms with Gasteiger partial charge in [-0.2, -0.15) is 0 Å². The van der Waals surface area contributed by atoms with Crippen LogP contribution in [0.1, 0.15) is 12.0 Å². The molecule has 2 amide bonds. The molecule has 1 saturated heterocycles. The molecule has 108 valence electrons. The van der Waals surface area contributed by atoms with E-state index in [2.05, 4.69) is 5.32 Å². The molecule has 0 saturated carbocycles. The number of carbonyl (C=O) groups is 2. The van der Waals surface area contributed by atoms with Gasteiger partial charge in [-0.1, -0.05) is 6.07 Å². The molecule has 1 fully saturated rings. The van der Waals surface area contributed by atoms with Crippen LogP contribution in [-0.4, -0.2) is 35.1 Å². The molecule has 1 atom stereocenters. The first-order valence-corrected chi connectivity index (χ1v) is 6.14. The molecule has 0 aliphatic carbocycles. The normalized spacial score (nSPS) is 18.8. The minimum Gasteiger partial charge on any atom is -0.481 e. The Morgan fingerprint density at radius 1 is 1.40 bits per heavy atom. The number of carbonyl (C=O) groups excluding carboxylic acids is 1. The molecule has 0 spiro atoms. The molecule has 0 bridgehead atoms. The highest BCUT2D eigenvalue weighted by atomic mass is 19.2. The third-order valence-electron chi connectivity index (χ3n) is 3.13. The van der Waals surface area contributed by atoms with Gasteiger partial charge >= 0.3 is 12.0 Å². The van der Waals surface area contributed by atoms with Crippen LogP contribution in [0.4, 0.5) is 13.6 Å². The van der Waals surface area contributed by atoms with Gasteiger partial charge in [0.2, 0.25) is 0 Å². The van der Waals surface area contributed by atoms with Gasteiger partial charge in [-0.3, -0.25) is 4.79 Å². The van der Waals surface area contributed by atoms with Crippen molar-refractivity contribution in [3.05, 3.63) is 35.4 Å². The van der Waals surface area contributed by atoms with E-state index in [1.165, 1.54) is 11.0 Å². The average molecular weight is 284 g/mol. The first kappa shape index (κ1) is 14.2. The maximum absolute atomic E-state index is 13.1. The molecular weight excluding hydrogens is 270 g/mol. The molecule has 1 aliphatic rings. The monoisotopic (exact) mass is 284 g/mol. The molecule has 2 rings (SSSR count). The van der Waals surface area contributed by atoms with Crippen molar-refractivity contribution in [2.75, 3.05) is 13.1 Å². The summed E-state index contributed by atoms with van der Waals surface area (Å²) in [5.74, 6) is -3.04. The number of carboxylic acids is 1. The van der Waals surface area contributed by atoms with Crippen LogP contribution in [0.25, 0.3) is 0 Å². The van der Waals surface area contributed by atoms with Crippen LogP contribution in [0.3, 0.4) is 0 Å². The average Bonchev–Trinajstić information content (AvgIpc) is 2.37. The zero-order chi connectivity index (χ0) is 14.7. The summed E-state index contributed by atoms with van der Waals surface area (Å²) in [4.78, 5) is 23.7. The zero-order valence-electron chi connectivity index (χ0n) is 10.6. The van der Waals surface area contributed by atoms with E-state index in [-0.39, 0.29) is 31.5 Å². The lowest BCUT2D eigenvalue weighted by molar-refractivity contribution is -0.138. The summed E-state index contributed by atoms with van der Waals surface area (Å²) < 4.78 is 25.9. The lowest BCUT2D eigenvalue weighted by Gasteiger charge is -2.32. The molecule has 7 heteroatoms. The van der Waals surface area contributed by atoms with Gasteiger partial charge in [0.1, 0.15) is 0 Å². The lowest BCUT2D eigenvalue weighted by atomic mass is 10.0. The molecule has 1 aromatic carbocycles. The summed E-state index contributed by atoms with van der Waals surface area (Å²) in [5, 5.41) is 11.3. The van der Waals surface area contributed by atoms with Crippen LogP contribution < -0.4 is 5.32 Å². The first-order valence-electron chi connectivity index (χ1n) is 6.14. The number of carboxylic acid groups (broad SMARTS) is 1. The van der Waals surface area contributed by atoms with E-state index < -0.39 is 17.6 Å². The van der Waals surface area contributed by atoms with Crippen molar-refractivity contribution >= 4 is 12.0 Å². The van der Waals surface area contributed by atoms with Gasteiger partial charge < -0.3 is 15.3 Å². The molecule has 2 N–H and O–H groups in total. The number of halogens is 2. The Hall–Kier alpha value is -2.18. The molecule has 1 unspecified atom stereocenters. The largest absolute Gasteiger partial charge is 0.481 e. The van der Waals surface area contributed by atoms with E-state index in [1.807, 2.05) is 0 Å². The number of aliphatic carboxylic acids is 1. The zero-order valence-corrected chi connectivity index (χ0v) is 10.6. The van der Waals surface area contributed by atoms with Gasteiger partial charge in [0, 0.05) is 25.6 Å². The number of urea groups is 1. The summed E-state index contributed by atoms with van der Waals surface area (Å²) in [7, 11) is 0. The number of nitrogens with zero attached hydrogens (tertiary/aromatic N) is 1. The lowest BCUT2D eigenvalue weighted by Crippen LogP contribution is -2.50. The Bertz CT molecular complexity index is 536. The predicted molar refractivity (Wildman–Crippen MR) is 65.9 cm³/mol. The van der Waals surface area contributed by atoms with Crippen LogP contribution in [0.2, 0.25) is 0 Å². The minimum atomic E-state index is -0.970. The predicted octanol–water partition coefficient (Wildman–Crippen LogP) is 1.58. The van der Waals surface area contributed by atoms with Gasteiger partial charge in [-0.25, -0.2) is 13.6 Å². The smallest absolute Gasteiger partial charge is 0.317 e. The second-order valence-corrected chi connectivity index (χ2v) is 4.78. The molecule has 20 heavy (non-hydrogen) atoms. The third kappa shape index (κ3) is 3.43. The Morgan fingerprint density at radius 2 is 2.15 bits per heavy atom. The van der Waals surface area contributed by atoms with Crippen molar-refractivity contribution in [2.45, 2.75) is 13.0 Å². The van der Waals surface area contributed by atoms with E-state index in [9.17, 15) is 18.4 Å². The number of hydrogen-bond donors (Lipinski definition) is 2. The Labute approximate surface area is 114 Å². The SMILES string of the molecule is O=C(O)CC1CNC(=O)N(Cc2ccc(F)c(F)c2)C1. The molecular formula is C13H14F2N2O3. The van der Waals surface area contributed by atoms with Gasteiger partial charge in [0.25, 0.3) is 0 Å². The maximum atomic E-state index is 13.1. The fraction of sp³-hybridized carbons (Fsp3) is 0.385. The summed E-state index contributed by atoms with van der Waals surface area (Å²) in [6, 6.07) is 3.09. The van der Waals surface area contributed by atoms with Crippen molar-refractivity contribution in [1.29, 1.82) is 0 Å². The number of amides is 2. The van der Waals surface area contributed by atoms with Crippen molar-refractivity contribution < 1.29 is 23.5 Å². The number of rotatable bonds is 4. The highest BCUT2D eigenvalue weighted by molar-refractivity contribution is 5.75. The van der Waals surface area contributed by atoms with Crippen LogP contribution in [0.5, 0.6) is 0 Å². The highest BCUT2D eigenvalue weighted by Gasteiger charge is 2.26. The fourth-order valence-electron chi connectivity index (χ4n) is 2.18. The summed E-state index contributed by atoms with van der Waals surface area (Å²) in [6.45, 7) is 0.690. The van der Waals surface area contributed by atoms with Gasteiger partial charge in [0.05, 0.1) is 6.42 Å². The molecule has 1 aliphatic heterocycles. The van der Waals surface area contributed by atoms with E-state index in [1.54, 1.807) is 0 Å². The fourth-order valence-corrected chi connectivity index (χ4v) is 2.18. The van der Waals surface area contributed by atoms with Crippen LogP contribution in [-0.2, 0) is 11.3 Å². The Kier molecular flexibility index (Phi) is 4.16. The Balaban J connectivity index is 2.04. The van der Waals surface area contributed by atoms with Gasteiger partial charge in [-0.15, -0.1) is 0 Å². The van der Waals surface area contributed by atoms with Crippen LogP contribution in [0, 0.1) is 17.6 Å². The van der Waals surface area contributed by atoms with Crippen molar-refractivity contribution in [3.8, 4) is 0 Å². The van der Waals surface area contributed by atoms with Crippen LogP contribution >= 0.6 is 0 Å². The van der Waals surface area contributed by atoms with Crippen LogP contribution in [0.15, 0.2) is 18.2 Å². The minimum absolute atomic E-state index is 0.0471. The topological polar surface area (TPSA) is 69.6 Å². The summed E-state index contributed by atoms with van der Waals surface area (Å²) in [6.07, 6.45) is -0.0471. The summed E-state index contributed by atoms with van der Waals surface area (Å²) >= 11 is 0. The van der Waals surface area contributed by atoms with Gasteiger partial charge in [-0.05, 0) is 17.7 Å². The first-order chi connectivity index (χ1) is 9.45. The Morgan fingerprint density at radius 3 is 2.80 bits per heavy atom. The van der Waals surface area contributed by atoms with Crippen molar-refractivity contribution in [3.63, 3.8) is 0 Å². The van der Waals surface area contributed by atoms with Gasteiger partial charge in [0.15, 0.2) is 11.6 Å². The van der Waals surface area contributed by atoms with Crippen molar-refractivity contribution in [1.82, 2.24) is 10.2 Å². The second kappa shape index (κ2) is 5.85. The third-order valence-corrected chi connectivity index (χ3v) is 3.13. The van der Waals surface area contributed by atoms with E-state index in [0.29, 0.717) is 12.1 Å². The molecule has 5 nitrogen and oxygen atoms in total. The summed E-state index contributed by atoms with van der Waals surface area (Å²) in [5.41, 5.74) is 0.454. The molecule has 1 heterocycles. The quantitative estimate of drug-likeness (QED) is 0.882.